The number of aromatic nitrogens is 2. The van der Waals surface area contributed by atoms with Crippen molar-refractivity contribution in [2.75, 3.05) is 6.54 Å². The predicted octanol–water partition coefficient (Wildman–Crippen LogP) is 3.85. The van der Waals surface area contributed by atoms with Crippen LogP contribution in [0.4, 0.5) is 0 Å². The van der Waals surface area contributed by atoms with E-state index in [-0.39, 0.29) is 0 Å². The minimum Gasteiger partial charge on any atom is -0.370 e. The predicted molar refractivity (Wildman–Crippen MR) is 116 cm³/mol. The quantitative estimate of drug-likeness (QED) is 0.578. The van der Waals surface area contributed by atoms with Gasteiger partial charge in [0.2, 0.25) is 10.0 Å². The van der Waals surface area contributed by atoms with Crippen molar-refractivity contribution in [3.05, 3.63) is 81.6 Å². The number of benzene rings is 2. The Kier molecular flexibility index (Phi) is 5.97. The molecule has 0 saturated heterocycles. The number of aryl methyl sites for hydroxylation is 2. The first kappa shape index (κ1) is 21.1. The van der Waals surface area contributed by atoms with Gasteiger partial charge < -0.3 is 4.74 Å². The second-order valence-corrected chi connectivity index (χ2v) is 9.89. The molecule has 0 unspecified atom stereocenters. The zero-order valence-electron chi connectivity index (χ0n) is 17.0. The lowest BCUT2D eigenvalue weighted by Crippen LogP contribution is -2.36. The van der Waals surface area contributed by atoms with Crippen molar-refractivity contribution in [3.8, 4) is 0 Å². The normalized spacial score (nSPS) is 14.6. The summed E-state index contributed by atoms with van der Waals surface area (Å²) in [5.41, 5.74) is 4.73. The third-order valence-electron chi connectivity index (χ3n) is 5.34. The van der Waals surface area contributed by atoms with Gasteiger partial charge in [-0.1, -0.05) is 35.9 Å². The first-order valence-electron chi connectivity index (χ1n) is 9.77. The van der Waals surface area contributed by atoms with Crippen LogP contribution in [0.3, 0.4) is 0 Å². The van der Waals surface area contributed by atoms with E-state index >= 15 is 0 Å². The van der Waals surface area contributed by atoms with Crippen LogP contribution in [-0.4, -0.2) is 29.0 Å². The lowest BCUT2D eigenvalue weighted by molar-refractivity contribution is 0.103. The minimum atomic E-state index is -3.56. The van der Waals surface area contributed by atoms with E-state index in [0.29, 0.717) is 42.6 Å². The summed E-state index contributed by atoms with van der Waals surface area (Å²) in [6, 6.07) is 14.5. The fourth-order valence-electron chi connectivity index (χ4n) is 3.74. The second-order valence-electron chi connectivity index (χ2n) is 7.52. The maximum absolute atomic E-state index is 13.2. The summed E-state index contributed by atoms with van der Waals surface area (Å²) in [6.45, 7) is 3.40. The molecule has 0 radical (unpaired) electrons. The molecule has 158 valence electrons. The Morgan fingerprint density at radius 3 is 2.63 bits per heavy atom. The lowest BCUT2D eigenvalue weighted by Gasteiger charge is -2.27. The fourth-order valence-corrected chi connectivity index (χ4v) is 5.38. The number of hydrogen-bond donors (Lipinski definition) is 0. The van der Waals surface area contributed by atoms with Crippen molar-refractivity contribution >= 4 is 21.6 Å². The van der Waals surface area contributed by atoms with Crippen LogP contribution in [-0.2, 0) is 48.0 Å². The zero-order chi connectivity index (χ0) is 21.3. The SMILES string of the molecule is Cc1cccc(S(=O)(=O)N2CCc3c(c(COCc4ccc(Cl)cc4)nn3C)C2)c1. The molecule has 0 N–H and O–H groups in total. The molecule has 8 heteroatoms. The van der Waals surface area contributed by atoms with Gasteiger partial charge in [0.15, 0.2) is 0 Å². The lowest BCUT2D eigenvalue weighted by atomic mass is 10.1. The summed E-state index contributed by atoms with van der Waals surface area (Å²) in [5.74, 6) is 0. The van der Waals surface area contributed by atoms with Crippen molar-refractivity contribution in [2.24, 2.45) is 7.05 Å². The molecule has 4 rings (SSSR count). The first-order valence-corrected chi connectivity index (χ1v) is 11.6. The Bertz CT molecular complexity index is 1160. The molecule has 0 atom stereocenters. The van der Waals surface area contributed by atoms with E-state index in [2.05, 4.69) is 5.10 Å². The van der Waals surface area contributed by atoms with E-state index in [1.165, 1.54) is 4.31 Å². The average Bonchev–Trinajstić information content (AvgIpc) is 3.05. The van der Waals surface area contributed by atoms with Gasteiger partial charge in [-0.15, -0.1) is 0 Å². The molecule has 2 heterocycles. The Morgan fingerprint density at radius 1 is 1.13 bits per heavy atom. The van der Waals surface area contributed by atoms with Crippen LogP contribution in [0.5, 0.6) is 0 Å². The van der Waals surface area contributed by atoms with Gasteiger partial charge in [-0.3, -0.25) is 4.68 Å². The van der Waals surface area contributed by atoms with Gasteiger partial charge in [0.25, 0.3) is 0 Å². The number of halogens is 1. The van der Waals surface area contributed by atoms with Crippen molar-refractivity contribution in [1.82, 2.24) is 14.1 Å². The second kappa shape index (κ2) is 8.51. The molecular formula is C22H24ClN3O3S. The number of nitrogens with zero attached hydrogens (tertiary/aromatic N) is 3. The Balaban J connectivity index is 1.51. The van der Waals surface area contributed by atoms with Crippen LogP contribution in [0.1, 0.15) is 28.1 Å². The van der Waals surface area contributed by atoms with Gasteiger partial charge in [0.1, 0.15) is 0 Å². The number of ether oxygens (including phenoxy) is 1. The smallest absolute Gasteiger partial charge is 0.243 e. The molecule has 0 aliphatic carbocycles. The number of rotatable bonds is 6. The van der Waals surface area contributed by atoms with Crippen LogP contribution in [0.2, 0.25) is 5.02 Å². The van der Waals surface area contributed by atoms with Crippen molar-refractivity contribution in [3.63, 3.8) is 0 Å². The standard InChI is InChI=1S/C22H24ClN3O3S/c1-16-4-3-5-19(12-16)30(27,28)26-11-10-22-20(13-26)21(24-25(22)2)15-29-14-17-6-8-18(23)9-7-17/h3-9,12H,10-11,13-15H2,1-2H3. The van der Waals surface area contributed by atoms with Gasteiger partial charge in [-0.25, -0.2) is 8.42 Å². The van der Waals surface area contributed by atoms with E-state index < -0.39 is 10.0 Å². The minimum absolute atomic E-state index is 0.305. The molecule has 0 saturated carbocycles. The summed E-state index contributed by atoms with van der Waals surface area (Å²) >= 11 is 5.92. The van der Waals surface area contributed by atoms with Gasteiger partial charge in [0, 0.05) is 42.8 Å². The number of hydrogen-bond acceptors (Lipinski definition) is 4. The Morgan fingerprint density at radius 2 is 1.90 bits per heavy atom. The first-order chi connectivity index (χ1) is 14.3. The highest BCUT2D eigenvalue weighted by Gasteiger charge is 2.31. The van der Waals surface area contributed by atoms with E-state index in [1.54, 1.807) is 18.2 Å². The molecule has 6 nitrogen and oxygen atoms in total. The Hall–Kier alpha value is -2.19. The maximum atomic E-state index is 13.2. The number of sulfonamides is 1. The van der Waals surface area contributed by atoms with E-state index in [4.69, 9.17) is 16.3 Å². The summed E-state index contributed by atoms with van der Waals surface area (Å²) < 4.78 is 35.5. The summed E-state index contributed by atoms with van der Waals surface area (Å²) in [6.07, 6.45) is 0.626. The Labute approximate surface area is 182 Å². The monoisotopic (exact) mass is 445 g/mol. The topological polar surface area (TPSA) is 64.4 Å². The molecule has 0 fully saturated rings. The van der Waals surface area contributed by atoms with Crippen LogP contribution in [0, 0.1) is 6.92 Å². The molecule has 0 spiro atoms. The molecule has 0 bridgehead atoms. The van der Waals surface area contributed by atoms with Gasteiger partial charge in [-0.2, -0.15) is 9.40 Å². The molecule has 1 aliphatic heterocycles. The van der Waals surface area contributed by atoms with E-state index in [0.717, 1.165) is 28.1 Å². The summed E-state index contributed by atoms with van der Waals surface area (Å²) in [7, 11) is -1.66. The summed E-state index contributed by atoms with van der Waals surface area (Å²) in [4.78, 5) is 0.329. The molecule has 1 aromatic heterocycles. The molecule has 2 aromatic carbocycles. The van der Waals surface area contributed by atoms with Crippen LogP contribution < -0.4 is 0 Å². The average molecular weight is 446 g/mol. The van der Waals surface area contributed by atoms with Crippen LogP contribution in [0.25, 0.3) is 0 Å². The molecule has 3 aromatic rings. The molecule has 0 amide bonds. The van der Waals surface area contributed by atoms with Gasteiger partial charge in [-0.05, 0) is 42.3 Å². The van der Waals surface area contributed by atoms with Crippen molar-refractivity contribution in [1.29, 1.82) is 0 Å². The highest BCUT2D eigenvalue weighted by molar-refractivity contribution is 7.89. The molecular weight excluding hydrogens is 422 g/mol. The van der Waals surface area contributed by atoms with Crippen LogP contribution >= 0.6 is 11.6 Å². The molecule has 30 heavy (non-hydrogen) atoms. The maximum Gasteiger partial charge on any atom is 0.243 e. The van der Waals surface area contributed by atoms with E-state index in [9.17, 15) is 8.42 Å². The van der Waals surface area contributed by atoms with Crippen molar-refractivity contribution < 1.29 is 13.2 Å². The van der Waals surface area contributed by atoms with Gasteiger partial charge in [0.05, 0.1) is 23.8 Å². The van der Waals surface area contributed by atoms with Gasteiger partial charge >= 0.3 is 0 Å². The summed E-state index contributed by atoms with van der Waals surface area (Å²) in [5, 5.41) is 5.28. The van der Waals surface area contributed by atoms with E-state index in [1.807, 2.05) is 49.0 Å². The third-order valence-corrected chi connectivity index (χ3v) is 7.43. The highest BCUT2D eigenvalue weighted by Crippen LogP contribution is 2.28. The number of fused-ring (bicyclic) bond motifs is 1. The highest BCUT2D eigenvalue weighted by atomic mass is 35.5. The zero-order valence-corrected chi connectivity index (χ0v) is 18.6. The van der Waals surface area contributed by atoms with Crippen molar-refractivity contribution in [2.45, 2.75) is 38.0 Å². The fraction of sp³-hybridized carbons (Fsp3) is 0.318. The largest absolute Gasteiger partial charge is 0.370 e. The molecule has 1 aliphatic rings. The van der Waals surface area contributed by atoms with Crippen LogP contribution in [0.15, 0.2) is 53.4 Å². The third kappa shape index (κ3) is 4.30.